The molecule has 6 rings (SSSR count). The summed E-state index contributed by atoms with van der Waals surface area (Å²) in [6, 6.07) is 18.5. The second-order valence-electron chi connectivity index (χ2n) is 12.6. The van der Waals surface area contributed by atoms with Crippen LogP contribution in [0, 0.1) is 23.3 Å². The third-order valence-corrected chi connectivity index (χ3v) is 8.94. The summed E-state index contributed by atoms with van der Waals surface area (Å²) in [5.41, 5.74) is 7.53. The van der Waals surface area contributed by atoms with Gasteiger partial charge in [-0.3, -0.25) is 14.6 Å². The van der Waals surface area contributed by atoms with Crippen molar-refractivity contribution < 1.29 is 51.0 Å². The third kappa shape index (κ3) is 10.7. The standard InChI is InChI=1S/C20H21F2N3O3.C20H20F2N2O4/c21-16-5-6-18(17(22)11-16)25(20(27)24-7-9-28-10-8-24)13-14-1-3-15(4-2-14)19(26)12-23;1-27-19(25)15-4-2-14(3-5-15)13-24(18-7-6-16(21)12-17(18)22)20(26)23-8-10-28-11-9-23/h1-6,11H,7-10,12-13,23H2;2-7,12H,8-11,13H2,1H3. The molecular formula is C40H41F4N5O7. The van der Waals surface area contributed by atoms with E-state index in [1.807, 2.05) is 0 Å². The van der Waals surface area contributed by atoms with Crippen LogP contribution in [0.1, 0.15) is 31.8 Å². The number of ketones is 1. The molecule has 2 N–H and O–H groups in total. The summed E-state index contributed by atoms with van der Waals surface area (Å²) in [5.74, 6) is -3.76. The lowest BCUT2D eigenvalue weighted by Gasteiger charge is -2.33. The number of methoxy groups -OCH3 is 1. The van der Waals surface area contributed by atoms with Gasteiger partial charge in [-0.1, -0.05) is 36.4 Å². The molecule has 2 aliphatic rings. The Morgan fingerprint density at radius 1 is 0.625 bits per heavy atom. The molecule has 0 aliphatic carbocycles. The molecule has 2 saturated heterocycles. The van der Waals surface area contributed by atoms with Crippen molar-refractivity contribution >= 4 is 35.2 Å². The molecule has 56 heavy (non-hydrogen) atoms. The average molecular weight is 780 g/mol. The summed E-state index contributed by atoms with van der Waals surface area (Å²) in [6.07, 6.45) is 0. The number of benzene rings is 4. The van der Waals surface area contributed by atoms with Crippen LogP contribution in [0.3, 0.4) is 0 Å². The minimum absolute atomic E-state index is 0.0139. The SMILES string of the molecule is COC(=O)c1ccc(CN(C(=O)N2CCOCC2)c2ccc(F)cc2F)cc1.NCC(=O)c1ccc(CN(C(=O)N2CCOCC2)c2ccc(F)cc2F)cc1. The first kappa shape index (κ1) is 41.3. The number of esters is 1. The van der Waals surface area contributed by atoms with E-state index in [2.05, 4.69) is 4.74 Å². The fourth-order valence-electron chi connectivity index (χ4n) is 5.91. The van der Waals surface area contributed by atoms with Gasteiger partial charge in [0.05, 0.1) is 70.1 Å². The van der Waals surface area contributed by atoms with Crippen LogP contribution >= 0.6 is 0 Å². The van der Waals surface area contributed by atoms with Crippen molar-refractivity contribution in [2.45, 2.75) is 13.1 Å². The highest BCUT2D eigenvalue weighted by molar-refractivity contribution is 5.97. The van der Waals surface area contributed by atoms with E-state index in [1.165, 1.54) is 29.0 Å². The maximum absolute atomic E-state index is 14.4. The number of nitrogens with two attached hydrogens (primary N) is 1. The number of urea groups is 2. The first-order valence-electron chi connectivity index (χ1n) is 17.7. The molecule has 0 spiro atoms. The lowest BCUT2D eigenvalue weighted by Crippen LogP contribution is -2.48. The minimum atomic E-state index is -0.826. The van der Waals surface area contributed by atoms with Gasteiger partial charge in [0.1, 0.15) is 23.3 Å². The van der Waals surface area contributed by atoms with Gasteiger partial charge in [0.2, 0.25) is 0 Å². The van der Waals surface area contributed by atoms with Gasteiger partial charge in [0, 0.05) is 43.9 Å². The Morgan fingerprint density at radius 2 is 1.02 bits per heavy atom. The Hall–Kier alpha value is -5.84. The normalized spacial score (nSPS) is 14.0. The highest BCUT2D eigenvalue weighted by Crippen LogP contribution is 2.26. The molecule has 16 heteroatoms. The Balaban J connectivity index is 0.000000214. The van der Waals surface area contributed by atoms with E-state index in [4.69, 9.17) is 15.2 Å². The highest BCUT2D eigenvalue weighted by Gasteiger charge is 2.28. The molecule has 12 nitrogen and oxygen atoms in total. The summed E-state index contributed by atoms with van der Waals surface area (Å²) in [5, 5.41) is 0. The fourth-order valence-corrected chi connectivity index (χ4v) is 5.91. The third-order valence-electron chi connectivity index (χ3n) is 8.94. The molecular weight excluding hydrogens is 738 g/mol. The number of Topliss-reactive ketones (excluding diaryl/α,β-unsaturated/α-hetero) is 1. The van der Waals surface area contributed by atoms with Crippen molar-refractivity contribution in [3.63, 3.8) is 0 Å². The molecule has 4 aromatic rings. The molecule has 2 aliphatic heterocycles. The Morgan fingerprint density at radius 3 is 1.38 bits per heavy atom. The van der Waals surface area contributed by atoms with E-state index < -0.39 is 41.3 Å². The van der Waals surface area contributed by atoms with Crippen molar-refractivity contribution in [3.8, 4) is 0 Å². The van der Waals surface area contributed by atoms with Crippen LogP contribution in [0.25, 0.3) is 0 Å². The van der Waals surface area contributed by atoms with E-state index in [-0.39, 0.29) is 36.8 Å². The number of ether oxygens (including phenoxy) is 3. The molecule has 296 valence electrons. The van der Waals surface area contributed by atoms with E-state index in [0.717, 1.165) is 24.3 Å². The maximum Gasteiger partial charge on any atom is 0.337 e. The topological polar surface area (TPSA) is 135 Å². The van der Waals surface area contributed by atoms with Gasteiger partial charge in [0.25, 0.3) is 0 Å². The van der Waals surface area contributed by atoms with Crippen LogP contribution in [0.15, 0.2) is 84.9 Å². The van der Waals surface area contributed by atoms with Crippen LogP contribution in [0.5, 0.6) is 0 Å². The Bertz CT molecular complexity index is 1850. The predicted molar refractivity (Wildman–Crippen MR) is 198 cm³/mol. The number of anilines is 2. The van der Waals surface area contributed by atoms with Crippen molar-refractivity contribution in [3.05, 3.63) is 130 Å². The van der Waals surface area contributed by atoms with Crippen LogP contribution in [-0.2, 0) is 27.3 Å². The molecule has 2 heterocycles. The zero-order valence-electron chi connectivity index (χ0n) is 30.6. The number of halogens is 4. The highest BCUT2D eigenvalue weighted by atomic mass is 19.1. The van der Waals surface area contributed by atoms with Gasteiger partial charge in [-0.25, -0.2) is 31.9 Å². The van der Waals surface area contributed by atoms with Gasteiger partial charge in [-0.05, 0) is 47.5 Å². The molecule has 4 amide bonds. The molecule has 0 unspecified atom stereocenters. The molecule has 0 saturated carbocycles. The number of carbonyl (C=O) groups excluding carboxylic acids is 4. The number of nitrogens with zero attached hydrogens (tertiary/aromatic N) is 4. The van der Waals surface area contributed by atoms with E-state index in [9.17, 15) is 36.7 Å². The number of hydrogen-bond donors (Lipinski definition) is 1. The van der Waals surface area contributed by atoms with E-state index >= 15 is 0 Å². The number of morpholine rings is 2. The fraction of sp³-hybridized carbons (Fsp3) is 0.300. The molecule has 0 aromatic heterocycles. The monoisotopic (exact) mass is 779 g/mol. The van der Waals surface area contributed by atoms with Crippen molar-refractivity contribution in [2.24, 2.45) is 5.73 Å². The number of carbonyl (C=O) groups is 4. The first-order chi connectivity index (χ1) is 27.0. The smallest absolute Gasteiger partial charge is 0.337 e. The second-order valence-corrected chi connectivity index (χ2v) is 12.6. The summed E-state index contributed by atoms with van der Waals surface area (Å²) < 4.78 is 70.7. The second kappa shape index (κ2) is 19.7. The predicted octanol–water partition coefficient (Wildman–Crippen LogP) is 5.78. The van der Waals surface area contributed by atoms with Gasteiger partial charge in [-0.15, -0.1) is 0 Å². The number of hydrogen-bond acceptors (Lipinski definition) is 8. The molecule has 0 bridgehead atoms. The first-order valence-corrected chi connectivity index (χ1v) is 17.7. The number of amides is 4. The largest absolute Gasteiger partial charge is 0.465 e. The maximum atomic E-state index is 14.4. The van der Waals surface area contributed by atoms with Crippen LogP contribution in [0.2, 0.25) is 0 Å². The summed E-state index contributed by atoms with van der Waals surface area (Å²) >= 11 is 0. The summed E-state index contributed by atoms with van der Waals surface area (Å²) in [7, 11) is 1.29. The molecule has 0 atom stereocenters. The van der Waals surface area contributed by atoms with Crippen molar-refractivity contribution in [1.82, 2.24) is 9.80 Å². The quantitative estimate of drug-likeness (QED) is 0.129. The Kier molecular flexibility index (Phi) is 14.5. The summed E-state index contributed by atoms with van der Waals surface area (Å²) in [4.78, 5) is 54.9. The van der Waals surface area contributed by atoms with Gasteiger partial charge in [-0.2, -0.15) is 0 Å². The number of rotatable bonds is 9. The average Bonchev–Trinajstić information content (AvgIpc) is 3.22. The zero-order chi connectivity index (χ0) is 40.2. The van der Waals surface area contributed by atoms with Crippen molar-refractivity contribution in [1.29, 1.82) is 0 Å². The zero-order valence-corrected chi connectivity index (χ0v) is 30.6. The lowest BCUT2D eigenvalue weighted by atomic mass is 10.1. The van der Waals surface area contributed by atoms with Crippen LogP contribution in [0.4, 0.5) is 38.5 Å². The Labute approximate surface area is 320 Å². The van der Waals surface area contributed by atoms with Gasteiger partial charge in [0.15, 0.2) is 5.78 Å². The molecule has 0 radical (unpaired) electrons. The lowest BCUT2D eigenvalue weighted by molar-refractivity contribution is 0.0547. The molecule has 2 fully saturated rings. The van der Waals surface area contributed by atoms with E-state index in [1.54, 1.807) is 58.3 Å². The van der Waals surface area contributed by atoms with Gasteiger partial charge < -0.3 is 29.7 Å². The molecule has 4 aromatic carbocycles. The van der Waals surface area contributed by atoms with E-state index in [0.29, 0.717) is 74.9 Å². The van der Waals surface area contributed by atoms with Crippen molar-refractivity contribution in [2.75, 3.05) is 76.1 Å². The van der Waals surface area contributed by atoms with Crippen LogP contribution < -0.4 is 15.5 Å². The summed E-state index contributed by atoms with van der Waals surface area (Å²) in [6.45, 7) is 3.20. The van der Waals surface area contributed by atoms with Gasteiger partial charge >= 0.3 is 18.0 Å². The minimum Gasteiger partial charge on any atom is -0.465 e. The van der Waals surface area contributed by atoms with Crippen LogP contribution in [-0.4, -0.2) is 99.9 Å².